The molecule has 0 aliphatic heterocycles. The number of rotatable bonds is 7. The van der Waals surface area contributed by atoms with Gasteiger partial charge in [-0.3, -0.25) is 9.59 Å². The maximum atomic E-state index is 12.1. The molecule has 6 nitrogen and oxygen atoms in total. The van der Waals surface area contributed by atoms with Gasteiger partial charge in [-0.2, -0.15) is 0 Å². The van der Waals surface area contributed by atoms with Gasteiger partial charge >= 0.3 is 5.97 Å². The van der Waals surface area contributed by atoms with Crippen molar-refractivity contribution in [3.05, 3.63) is 46.3 Å². The van der Waals surface area contributed by atoms with Crippen LogP contribution in [-0.2, 0) is 14.3 Å². The topological polar surface area (TPSA) is 84.5 Å². The number of thiophene rings is 1. The molecule has 2 rings (SSSR count). The second-order valence-corrected chi connectivity index (χ2v) is 6.95. The Balaban J connectivity index is 1.87. The van der Waals surface area contributed by atoms with Crippen molar-refractivity contribution in [2.24, 2.45) is 0 Å². The van der Waals surface area contributed by atoms with Crippen molar-refractivity contribution in [1.82, 2.24) is 10.6 Å². The molecule has 2 amide bonds. The molecule has 0 fully saturated rings. The fraction of sp³-hybridized carbons (Fsp3) is 0.278. The molecule has 0 aliphatic carbocycles. The second kappa shape index (κ2) is 9.35. The first-order valence-electron chi connectivity index (χ1n) is 8.00. The third-order valence-electron chi connectivity index (χ3n) is 3.39. The third kappa shape index (κ3) is 5.57. The van der Waals surface area contributed by atoms with Crippen molar-refractivity contribution in [3.63, 3.8) is 0 Å². The molecular formula is C18H19ClN2O4S. The highest BCUT2D eigenvalue weighted by Gasteiger charge is 2.17. The number of likely N-dealkylation sites (N-methyl/N-ethyl adjacent to an activating group) is 1. The molecule has 1 heterocycles. The largest absolute Gasteiger partial charge is 0.451 e. The summed E-state index contributed by atoms with van der Waals surface area (Å²) in [6.07, 6.45) is 0. The van der Waals surface area contributed by atoms with Crippen molar-refractivity contribution >= 4 is 40.7 Å². The molecular weight excluding hydrogens is 376 g/mol. The molecule has 0 saturated heterocycles. The van der Waals surface area contributed by atoms with E-state index in [0.29, 0.717) is 16.4 Å². The quantitative estimate of drug-likeness (QED) is 0.707. The van der Waals surface area contributed by atoms with Crippen molar-refractivity contribution < 1.29 is 19.1 Å². The predicted molar refractivity (Wildman–Crippen MR) is 101 cm³/mol. The van der Waals surface area contributed by atoms with E-state index in [4.69, 9.17) is 16.3 Å². The molecule has 1 atom stereocenters. The van der Waals surface area contributed by atoms with E-state index in [-0.39, 0.29) is 5.91 Å². The summed E-state index contributed by atoms with van der Waals surface area (Å²) in [7, 11) is 0. The Labute approximate surface area is 160 Å². The average molecular weight is 395 g/mol. The predicted octanol–water partition coefficient (Wildman–Crippen LogP) is 2.87. The van der Waals surface area contributed by atoms with Crippen molar-refractivity contribution in [2.45, 2.75) is 19.9 Å². The summed E-state index contributed by atoms with van der Waals surface area (Å²) in [5.74, 6) is -1.42. The number of halogens is 1. The summed E-state index contributed by atoms with van der Waals surface area (Å²) in [5, 5.41) is 5.70. The lowest BCUT2D eigenvalue weighted by molar-refractivity contribution is -0.130. The van der Waals surface area contributed by atoms with Gasteiger partial charge < -0.3 is 15.4 Å². The van der Waals surface area contributed by atoms with Crippen LogP contribution in [0.3, 0.4) is 0 Å². The average Bonchev–Trinajstić information content (AvgIpc) is 3.10. The molecule has 0 saturated carbocycles. The van der Waals surface area contributed by atoms with Gasteiger partial charge in [0.15, 0.2) is 6.61 Å². The molecule has 0 bridgehead atoms. The highest BCUT2D eigenvalue weighted by Crippen LogP contribution is 2.29. The number of hydrogen-bond donors (Lipinski definition) is 2. The molecule has 1 aromatic carbocycles. The molecule has 26 heavy (non-hydrogen) atoms. The highest BCUT2D eigenvalue weighted by molar-refractivity contribution is 7.17. The molecule has 138 valence electrons. The van der Waals surface area contributed by atoms with Gasteiger partial charge in [0.05, 0.1) is 0 Å². The standard InChI is InChI=1S/C18H19ClN2O4S/c1-3-20-17(23)11(2)21-16(22)10-25-18(24)15-9-8-14(26-15)12-4-6-13(19)7-5-12/h4-9,11H,3,10H2,1-2H3,(H,20,23)(H,21,22)/t11-/m1/s1. The van der Waals surface area contributed by atoms with Gasteiger partial charge in [0.25, 0.3) is 5.91 Å². The monoisotopic (exact) mass is 394 g/mol. The van der Waals surface area contributed by atoms with Crippen LogP contribution in [0.2, 0.25) is 5.02 Å². The minimum Gasteiger partial charge on any atom is -0.451 e. The minimum atomic E-state index is -0.695. The lowest BCUT2D eigenvalue weighted by atomic mass is 10.2. The van der Waals surface area contributed by atoms with E-state index in [1.807, 2.05) is 18.2 Å². The fourth-order valence-electron chi connectivity index (χ4n) is 2.10. The first-order valence-corrected chi connectivity index (χ1v) is 9.20. The van der Waals surface area contributed by atoms with E-state index in [2.05, 4.69) is 10.6 Å². The third-order valence-corrected chi connectivity index (χ3v) is 4.76. The maximum absolute atomic E-state index is 12.1. The number of amides is 2. The van der Waals surface area contributed by atoms with Crippen LogP contribution in [0.4, 0.5) is 0 Å². The SMILES string of the molecule is CCNC(=O)[C@@H](C)NC(=O)COC(=O)c1ccc(-c2ccc(Cl)cc2)s1. The van der Waals surface area contributed by atoms with Crippen molar-refractivity contribution in [1.29, 1.82) is 0 Å². The van der Waals surface area contributed by atoms with Crippen LogP contribution in [0.25, 0.3) is 10.4 Å². The summed E-state index contributed by atoms with van der Waals surface area (Å²) in [4.78, 5) is 36.7. The van der Waals surface area contributed by atoms with Gasteiger partial charge in [0, 0.05) is 16.4 Å². The Kier molecular flexibility index (Phi) is 7.17. The fourth-order valence-corrected chi connectivity index (χ4v) is 3.13. The Hall–Kier alpha value is -2.38. The van der Waals surface area contributed by atoms with Gasteiger partial charge in [-0.1, -0.05) is 23.7 Å². The molecule has 0 radical (unpaired) electrons. The van der Waals surface area contributed by atoms with Crippen LogP contribution in [0.1, 0.15) is 23.5 Å². The Morgan fingerprint density at radius 2 is 1.85 bits per heavy atom. The zero-order valence-corrected chi connectivity index (χ0v) is 15.9. The number of ether oxygens (including phenoxy) is 1. The second-order valence-electron chi connectivity index (χ2n) is 5.43. The van der Waals surface area contributed by atoms with Gasteiger partial charge in [-0.05, 0) is 43.7 Å². The van der Waals surface area contributed by atoms with Gasteiger partial charge in [-0.15, -0.1) is 11.3 Å². The minimum absolute atomic E-state index is 0.293. The number of benzene rings is 1. The van der Waals surface area contributed by atoms with Crippen LogP contribution in [0, 0.1) is 0 Å². The molecule has 8 heteroatoms. The van der Waals surface area contributed by atoms with Crippen LogP contribution < -0.4 is 10.6 Å². The van der Waals surface area contributed by atoms with E-state index < -0.39 is 24.5 Å². The molecule has 0 aliphatic rings. The Morgan fingerprint density at radius 3 is 2.50 bits per heavy atom. The van der Waals surface area contributed by atoms with Crippen LogP contribution in [0.5, 0.6) is 0 Å². The zero-order valence-electron chi connectivity index (χ0n) is 14.4. The van der Waals surface area contributed by atoms with Gasteiger partial charge in [0.1, 0.15) is 10.9 Å². The first-order chi connectivity index (χ1) is 12.4. The Morgan fingerprint density at radius 1 is 1.15 bits per heavy atom. The summed E-state index contributed by atoms with van der Waals surface area (Å²) >= 11 is 7.13. The van der Waals surface area contributed by atoms with Crippen molar-refractivity contribution in [3.8, 4) is 10.4 Å². The van der Waals surface area contributed by atoms with Crippen LogP contribution >= 0.6 is 22.9 Å². The molecule has 2 aromatic rings. The van der Waals surface area contributed by atoms with Gasteiger partial charge in [0.2, 0.25) is 5.91 Å². The highest BCUT2D eigenvalue weighted by atomic mass is 35.5. The summed E-state index contributed by atoms with van der Waals surface area (Å²) in [6.45, 7) is 3.37. The number of carbonyl (C=O) groups is 3. The first kappa shape index (κ1) is 19.9. The van der Waals surface area contributed by atoms with Crippen molar-refractivity contribution in [2.75, 3.05) is 13.2 Å². The molecule has 2 N–H and O–H groups in total. The summed E-state index contributed by atoms with van der Waals surface area (Å²) < 4.78 is 5.01. The smallest absolute Gasteiger partial charge is 0.348 e. The number of carbonyl (C=O) groups excluding carboxylic acids is 3. The lowest BCUT2D eigenvalue weighted by Crippen LogP contribution is -2.46. The van der Waals surface area contributed by atoms with Crippen LogP contribution in [-0.4, -0.2) is 37.0 Å². The zero-order chi connectivity index (χ0) is 19.1. The molecule has 0 unspecified atom stereocenters. The number of hydrogen-bond acceptors (Lipinski definition) is 5. The number of nitrogens with one attached hydrogen (secondary N) is 2. The van der Waals surface area contributed by atoms with Crippen LogP contribution in [0.15, 0.2) is 36.4 Å². The summed E-state index contributed by atoms with van der Waals surface area (Å²) in [5.41, 5.74) is 0.937. The lowest BCUT2D eigenvalue weighted by Gasteiger charge is -2.13. The number of esters is 1. The molecule has 0 spiro atoms. The van der Waals surface area contributed by atoms with E-state index in [9.17, 15) is 14.4 Å². The normalized spacial score (nSPS) is 11.5. The van der Waals surface area contributed by atoms with E-state index in [1.165, 1.54) is 11.3 Å². The summed E-state index contributed by atoms with van der Waals surface area (Å²) in [6, 6.07) is 10.0. The Bertz CT molecular complexity index is 789. The van der Waals surface area contributed by atoms with E-state index in [0.717, 1.165) is 10.4 Å². The van der Waals surface area contributed by atoms with E-state index in [1.54, 1.807) is 32.0 Å². The maximum Gasteiger partial charge on any atom is 0.348 e. The van der Waals surface area contributed by atoms with Gasteiger partial charge in [-0.25, -0.2) is 4.79 Å². The van der Waals surface area contributed by atoms with E-state index >= 15 is 0 Å². The molecule has 1 aromatic heterocycles.